The van der Waals surface area contributed by atoms with E-state index in [2.05, 4.69) is 10.1 Å². The number of ether oxygens (including phenoxy) is 2. The highest BCUT2D eigenvalue weighted by Gasteiger charge is 2.18. The molecule has 0 aromatic heterocycles. The minimum atomic E-state index is -0.347. The van der Waals surface area contributed by atoms with E-state index in [4.69, 9.17) is 4.74 Å². The molecule has 0 heterocycles. The van der Waals surface area contributed by atoms with Crippen molar-refractivity contribution in [3.8, 4) is 5.75 Å². The molecule has 17 heavy (non-hydrogen) atoms. The highest BCUT2D eigenvalue weighted by atomic mass is 16.5. The molecular weight excluding hydrogens is 218 g/mol. The zero-order valence-corrected chi connectivity index (χ0v) is 10.7. The van der Waals surface area contributed by atoms with E-state index in [0.717, 1.165) is 11.3 Å². The molecule has 0 saturated heterocycles. The average molecular weight is 237 g/mol. The molecule has 0 bridgehead atoms. The lowest BCUT2D eigenvalue weighted by atomic mass is 10.1. The summed E-state index contributed by atoms with van der Waals surface area (Å²) in [7, 11) is 3.02. The highest BCUT2D eigenvalue weighted by molar-refractivity contribution is 5.75. The zero-order valence-electron chi connectivity index (χ0n) is 10.7. The summed E-state index contributed by atoms with van der Waals surface area (Å²) in [5, 5.41) is 3.17. The summed E-state index contributed by atoms with van der Waals surface area (Å²) in [4.78, 5) is 11.3. The van der Waals surface area contributed by atoms with E-state index in [1.165, 1.54) is 7.11 Å². The van der Waals surface area contributed by atoms with E-state index in [0.29, 0.717) is 0 Å². The van der Waals surface area contributed by atoms with Gasteiger partial charge >= 0.3 is 5.97 Å². The lowest BCUT2D eigenvalue weighted by molar-refractivity contribution is -0.142. The maximum Gasteiger partial charge on any atom is 0.322 e. The highest BCUT2D eigenvalue weighted by Crippen LogP contribution is 2.24. The third-order valence-electron chi connectivity index (χ3n) is 2.66. The Morgan fingerprint density at radius 2 is 1.88 bits per heavy atom. The molecule has 4 nitrogen and oxygen atoms in total. The molecule has 94 valence electrons. The van der Waals surface area contributed by atoms with E-state index in [1.54, 1.807) is 14.0 Å². The minimum Gasteiger partial charge on any atom is -0.496 e. The fourth-order valence-electron chi connectivity index (χ4n) is 1.73. The van der Waals surface area contributed by atoms with Gasteiger partial charge in [-0.15, -0.1) is 0 Å². The van der Waals surface area contributed by atoms with Gasteiger partial charge in [-0.2, -0.15) is 0 Å². The van der Waals surface area contributed by atoms with Gasteiger partial charge in [-0.05, 0) is 19.9 Å². The Morgan fingerprint density at radius 3 is 2.47 bits per heavy atom. The quantitative estimate of drug-likeness (QED) is 0.795. The molecule has 0 fully saturated rings. The first kappa shape index (κ1) is 13.5. The number of para-hydroxylation sites is 1. The Hall–Kier alpha value is -1.55. The van der Waals surface area contributed by atoms with Crippen molar-refractivity contribution in [2.45, 2.75) is 25.9 Å². The van der Waals surface area contributed by atoms with Gasteiger partial charge < -0.3 is 9.47 Å². The number of rotatable bonds is 5. The predicted octanol–water partition coefficient (Wildman–Crippen LogP) is 1.91. The maximum absolute atomic E-state index is 11.3. The molecule has 2 atom stereocenters. The van der Waals surface area contributed by atoms with Gasteiger partial charge in [-0.25, -0.2) is 0 Å². The van der Waals surface area contributed by atoms with E-state index in [-0.39, 0.29) is 18.1 Å². The van der Waals surface area contributed by atoms with Crippen molar-refractivity contribution >= 4 is 5.97 Å². The second-order valence-electron chi connectivity index (χ2n) is 3.88. The predicted molar refractivity (Wildman–Crippen MR) is 66.0 cm³/mol. The molecule has 1 unspecified atom stereocenters. The van der Waals surface area contributed by atoms with Crippen molar-refractivity contribution in [3.63, 3.8) is 0 Å². The number of hydrogen-bond acceptors (Lipinski definition) is 4. The molecule has 1 aromatic rings. The molecule has 4 heteroatoms. The Kier molecular flexibility index (Phi) is 4.97. The molecule has 0 aliphatic heterocycles. The molecule has 0 amide bonds. The maximum atomic E-state index is 11.3. The lowest BCUT2D eigenvalue weighted by Crippen LogP contribution is -2.36. The van der Waals surface area contributed by atoms with Crippen molar-refractivity contribution in [1.82, 2.24) is 5.32 Å². The number of carbonyl (C=O) groups excluding carboxylic acids is 1. The Bertz CT molecular complexity index is 379. The standard InChI is InChI=1S/C13H19NO3/c1-9(14-10(2)13(15)17-4)11-7-5-6-8-12(11)16-3/h5-10,14H,1-4H3/t9-,10?/m1/s1. The van der Waals surface area contributed by atoms with Gasteiger partial charge in [0, 0.05) is 11.6 Å². The molecule has 0 radical (unpaired) electrons. The SMILES string of the molecule is COC(=O)C(C)N[C@H](C)c1ccccc1OC. The fourth-order valence-corrected chi connectivity index (χ4v) is 1.73. The fraction of sp³-hybridized carbons (Fsp3) is 0.462. The van der Waals surface area contributed by atoms with Crippen LogP contribution in [0, 0.1) is 0 Å². The summed E-state index contributed by atoms with van der Waals surface area (Å²) < 4.78 is 9.95. The molecule has 1 N–H and O–H groups in total. The molecule has 1 rings (SSSR count). The number of nitrogens with one attached hydrogen (secondary N) is 1. The monoisotopic (exact) mass is 237 g/mol. The van der Waals surface area contributed by atoms with Gasteiger partial charge in [-0.3, -0.25) is 10.1 Å². The second kappa shape index (κ2) is 6.25. The van der Waals surface area contributed by atoms with Crippen LogP contribution in [0.5, 0.6) is 5.75 Å². The van der Waals surface area contributed by atoms with Crippen molar-refractivity contribution in [2.75, 3.05) is 14.2 Å². The van der Waals surface area contributed by atoms with Crippen LogP contribution in [0.15, 0.2) is 24.3 Å². The number of methoxy groups -OCH3 is 2. The normalized spacial score (nSPS) is 13.9. The number of esters is 1. The largest absolute Gasteiger partial charge is 0.496 e. The summed E-state index contributed by atoms with van der Waals surface area (Å²) in [6, 6.07) is 7.40. The summed E-state index contributed by atoms with van der Waals surface area (Å²) in [5.41, 5.74) is 1.02. The van der Waals surface area contributed by atoms with E-state index in [1.807, 2.05) is 31.2 Å². The van der Waals surface area contributed by atoms with Crippen LogP contribution in [0.4, 0.5) is 0 Å². The van der Waals surface area contributed by atoms with Gasteiger partial charge in [0.25, 0.3) is 0 Å². The summed E-state index contributed by atoms with van der Waals surface area (Å²) >= 11 is 0. The van der Waals surface area contributed by atoms with Crippen LogP contribution >= 0.6 is 0 Å². The van der Waals surface area contributed by atoms with Crippen LogP contribution in [-0.4, -0.2) is 26.2 Å². The molecule has 0 aliphatic rings. The van der Waals surface area contributed by atoms with Gasteiger partial charge in [0.1, 0.15) is 11.8 Å². The molecule has 0 saturated carbocycles. The average Bonchev–Trinajstić information content (AvgIpc) is 2.37. The summed E-state index contributed by atoms with van der Waals surface area (Å²) in [6.07, 6.45) is 0. The zero-order chi connectivity index (χ0) is 12.8. The van der Waals surface area contributed by atoms with Crippen LogP contribution in [-0.2, 0) is 9.53 Å². The van der Waals surface area contributed by atoms with Crippen LogP contribution in [0.2, 0.25) is 0 Å². The third kappa shape index (κ3) is 3.46. The van der Waals surface area contributed by atoms with Crippen molar-refractivity contribution < 1.29 is 14.3 Å². The first-order valence-electron chi connectivity index (χ1n) is 5.57. The van der Waals surface area contributed by atoms with E-state index >= 15 is 0 Å². The van der Waals surface area contributed by atoms with Crippen LogP contribution in [0.3, 0.4) is 0 Å². The third-order valence-corrected chi connectivity index (χ3v) is 2.66. The smallest absolute Gasteiger partial charge is 0.322 e. The van der Waals surface area contributed by atoms with Crippen molar-refractivity contribution in [2.24, 2.45) is 0 Å². The topological polar surface area (TPSA) is 47.6 Å². The number of carbonyl (C=O) groups is 1. The number of benzene rings is 1. The van der Waals surface area contributed by atoms with Crippen LogP contribution in [0.25, 0.3) is 0 Å². The molecule has 0 spiro atoms. The second-order valence-corrected chi connectivity index (χ2v) is 3.88. The molecule has 0 aliphatic carbocycles. The summed E-state index contributed by atoms with van der Waals surface area (Å²) in [5.74, 6) is 0.538. The molecule has 1 aromatic carbocycles. The van der Waals surface area contributed by atoms with Gasteiger partial charge in [-0.1, -0.05) is 18.2 Å². The van der Waals surface area contributed by atoms with E-state index < -0.39 is 0 Å². The van der Waals surface area contributed by atoms with Gasteiger partial charge in [0.05, 0.1) is 14.2 Å². The van der Waals surface area contributed by atoms with Gasteiger partial charge in [0.2, 0.25) is 0 Å². The Labute approximate surface area is 102 Å². The van der Waals surface area contributed by atoms with Crippen molar-refractivity contribution in [1.29, 1.82) is 0 Å². The lowest BCUT2D eigenvalue weighted by Gasteiger charge is -2.20. The minimum absolute atomic E-state index is 0.0141. The van der Waals surface area contributed by atoms with Crippen molar-refractivity contribution in [3.05, 3.63) is 29.8 Å². The van der Waals surface area contributed by atoms with Gasteiger partial charge in [0.15, 0.2) is 0 Å². The molecular formula is C13H19NO3. The van der Waals surface area contributed by atoms with Crippen LogP contribution < -0.4 is 10.1 Å². The first-order valence-corrected chi connectivity index (χ1v) is 5.57. The number of hydrogen-bond donors (Lipinski definition) is 1. The summed E-state index contributed by atoms with van der Waals surface area (Å²) in [6.45, 7) is 3.76. The van der Waals surface area contributed by atoms with E-state index in [9.17, 15) is 4.79 Å². The Balaban J connectivity index is 2.75. The first-order chi connectivity index (χ1) is 8.10. The van der Waals surface area contributed by atoms with Crippen LogP contribution in [0.1, 0.15) is 25.5 Å². The Morgan fingerprint density at radius 1 is 1.24 bits per heavy atom.